The average Bonchev–Trinajstić information content (AvgIpc) is 2.14. The molecule has 3 N–H and O–H groups in total. The standard InChI is InChI=1S/C11H22N2O4/c1-11(2,8-9(14)15)13-10(16)12-6-4-5-7-17-3/h4-8H2,1-3H3,(H,14,15)(H2,12,13,16). The molecule has 0 aromatic rings. The Morgan fingerprint density at radius 1 is 1.29 bits per heavy atom. The topological polar surface area (TPSA) is 87.7 Å². The Morgan fingerprint density at radius 2 is 1.94 bits per heavy atom. The van der Waals surface area contributed by atoms with E-state index in [0.29, 0.717) is 13.2 Å². The molecule has 0 heterocycles. The van der Waals surface area contributed by atoms with Crippen molar-refractivity contribution in [3.8, 4) is 0 Å². The molecule has 0 aliphatic rings. The van der Waals surface area contributed by atoms with Crippen LogP contribution in [0.15, 0.2) is 0 Å². The van der Waals surface area contributed by atoms with Crippen LogP contribution < -0.4 is 10.6 Å². The number of unbranched alkanes of at least 4 members (excludes halogenated alkanes) is 1. The Hall–Kier alpha value is -1.30. The highest BCUT2D eigenvalue weighted by atomic mass is 16.5. The lowest BCUT2D eigenvalue weighted by Gasteiger charge is -2.24. The Kier molecular flexibility index (Phi) is 7.29. The third-order valence-electron chi connectivity index (χ3n) is 2.11. The Balaban J connectivity index is 3.73. The number of carboxylic acid groups (broad SMARTS) is 1. The number of aliphatic carboxylic acids is 1. The number of carboxylic acids is 1. The number of amides is 2. The van der Waals surface area contributed by atoms with Crippen LogP contribution in [0.5, 0.6) is 0 Å². The van der Waals surface area contributed by atoms with Crippen molar-refractivity contribution in [2.24, 2.45) is 0 Å². The lowest BCUT2D eigenvalue weighted by Crippen LogP contribution is -2.49. The Bertz CT molecular complexity index is 254. The van der Waals surface area contributed by atoms with Crippen molar-refractivity contribution in [3.63, 3.8) is 0 Å². The summed E-state index contributed by atoms with van der Waals surface area (Å²) in [4.78, 5) is 22.0. The number of carbonyl (C=O) groups excluding carboxylic acids is 1. The van der Waals surface area contributed by atoms with Crippen LogP contribution in [0.4, 0.5) is 4.79 Å². The van der Waals surface area contributed by atoms with Gasteiger partial charge in [-0.15, -0.1) is 0 Å². The van der Waals surface area contributed by atoms with Crippen LogP contribution in [0.1, 0.15) is 33.1 Å². The molecule has 0 saturated carbocycles. The van der Waals surface area contributed by atoms with Crippen molar-refractivity contribution >= 4 is 12.0 Å². The van der Waals surface area contributed by atoms with Crippen molar-refractivity contribution in [1.82, 2.24) is 10.6 Å². The highest BCUT2D eigenvalue weighted by Gasteiger charge is 2.23. The largest absolute Gasteiger partial charge is 0.481 e. The average molecular weight is 246 g/mol. The van der Waals surface area contributed by atoms with E-state index in [4.69, 9.17) is 9.84 Å². The number of hydrogen-bond acceptors (Lipinski definition) is 3. The number of methoxy groups -OCH3 is 1. The van der Waals surface area contributed by atoms with Crippen molar-refractivity contribution < 1.29 is 19.4 Å². The summed E-state index contributed by atoms with van der Waals surface area (Å²) in [5.41, 5.74) is -0.748. The molecular weight excluding hydrogens is 224 g/mol. The summed E-state index contributed by atoms with van der Waals surface area (Å²) in [6.07, 6.45) is 1.61. The molecule has 0 bridgehead atoms. The van der Waals surface area contributed by atoms with E-state index in [1.54, 1.807) is 21.0 Å². The third-order valence-corrected chi connectivity index (χ3v) is 2.11. The molecule has 6 nitrogen and oxygen atoms in total. The zero-order valence-electron chi connectivity index (χ0n) is 10.7. The fourth-order valence-electron chi connectivity index (χ4n) is 1.35. The number of urea groups is 1. The van der Waals surface area contributed by atoms with Crippen LogP contribution in [-0.4, -0.2) is 42.9 Å². The summed E-state index contributed by atoms with van der Waals surface area (Å²) < 4.78 is 4.88. The van der Waals surface area contributed by atoms with Gasteiger partial charge in [0.2, 0.25) is 0 Å². The van der Waals surface area contributed by atoms with Crippen molar-refractivity contribution in [2.45, 2.75) is 38.6 Å². The maximum atomic E-state index is 11.4. The first-order chi connectivity index (χ1) is 7.87. The summed E-state index contributed by atoms with van der Waals surface area (Å²) in [6, 6.07) is -0.339. The number of hydrogen-bond donors (Lipinski definition) is 3. The first-order valence-electron chi connectivity index (χ1n) is 5.64. The normalized spacial score (nSPS) is 11.0. The fraction of sp³-hybridized carbons (Fsp3) is 0.818. The number of ether oxygens (including phenoxy) is 1. The van der Waals surface area contributed by atoms with Gasteiger partial charge >= 0.3 is 12.0 Å². The molecule has 0 aliphatic carbocycles. The highest BCUT2D eigenvalue weighted by Crippen LogP contribution is 2.07. The predicted octanol–water partition coefficient (Wildman–Crippen LogP) is 0.965. The van der Waals surface area contributed by atoms with E-state index in [0.717, 1.165) is 12.8 Å². The van der Waals surface area contributed by atoms with Crippen LogP contribution in [0.3, 0.4) is 0 Å². The van der Waals surface area contributed by atoms with Crippen LogP contribution in [0.2, 0.25) is 0 Å². The fourth-order valence-corrected chi connectivity index (χ4v) is 1.35. The van der Waals surface area contributed by atoms with Crippen molar-refractivity contribution in [2.75, 3.05) is 20.3 Å². The molecule has 0 aliphatic heterocycles. The Morgan fingerprint density at radius 3 is 2.47 bits per heavy atom. The van der Waals surface area contributed by atoms with Gasteiger partial charge in [0.05, 0.1) is 6.42 Å². The highest BCUT2D eigenvalue weighted by molar-refractivity contribution is 5.76. The van der Waals surface area contributed by atoms with Gasteiger partial charge in [0, 0.05) is 25.8 Å². The second-order valence-corrected chi connectivity index (χ2v) is 4.54. The predicted molar refractivity (Wildman–Crippen MR) is 64.0 cm³/mol. The Labute approximate surface area is 102 Å². The molecule has 0 aromatic carbocycles. The lowest BCUT2D eigenvalue weighted by atomic mass is 10.0. The van der Waals surface area contributed by atoms with Gasteiger partial charge in [-0.25, -0.2) is 4.79 Å². The van der Waals surface area contributed by atoms with Crippen LogP contribution in [0, 0.1) is 0 Å². The number of rotatable bonds is 8. The van der Waals surface area contributed by atoms with Gasteiger partial charge in [0.25, 0.3) is 0 Å². The van der Waals surface area contributed by atoms with Crippen molar-refractivity contribution in [3.05, 3.63) is 0 Å². The quantitative estimate of drug-likeness (QED) is 0.557. The number of nitrogens with one attached hydrogen (secondary N) is 2. The minimum absolute atomic E-state index is 0.107. The lowest BCUT2D eigenvalue weighted by molar-refractivity contribution is -0.138. The maximum absolute atomic E-state index is 11.4. The third kappa shape index (κ3) is 9.62. The summed E-state index contributed by atoms with van der Waals surface area (Å²) >= 11 is 0. The van der Waals surface area contributed by atoms with Crippen LogP contribution >= 0.6 is 0 Å². The second-order valence-electron chi connectivity index (χ2n) is 4.54. The van der Waals surface area contributed by atoms with Crippen LogP contribution in [-0.2, 0) is 9.53 Å². The van der Waals surface area contributed by atoms with Crippen LogP contribution in [0.25, 0.3) is 0 Å². The van der Waals surface area contributed by atoms with E-state index in [2.05, 4.69) is 10.6 Å². The van der Waals surface area contributed by atoms with Gasteiger partial charge < -0.3 is 20.5 Å². The molecular formula is C11H22N2O4. The molecule has 0 spiro atoms. The monoisotopic (exact) mass is 246 g/mol. The van der Waals surface area contributed by atoms with Gasteiger partial charge in [0.15, 0.2) is 0 Å². The zero-order valence-corrected chi connectivity index (χ0v) is 10.7. The van der Waals surface area contributed by atoms with Gasteiger partial charge in [0.1, 0.15) is 0 Å². The summed E-state index contributed by atoms with van der Waals surface area (Å²) in [5, 5.41) is 13.9. The first-order valence-corrected chi connectivity index (χ1v) is 5.64. The molecule has 0 radical (unpaired) electrons. The summed E-state index contributed by atoms with van der Waals surface area (Å²) in [5.74, 6) is -0.935. The summed E-state index contributed by atoms with van der Waals surface area (Å²) in [6.45, 7) is 4.57. The molecule has 100 valence electrons. The molecule has 6 heteroatoms. The SMILES string of the molecule is COCCCCNC(=O)NC(C)(C)CC(=O)O. The first kappa shape index (κ1) is 15.7. The molecule has 0 aromatic heterocycles. The van der Waals surface area contributed by atoms with E-state index >= 15 is 0 Å². The maximum Gasteiger partial charge on any atom is 0.315 e. The van der Waals surface area contributed by atoms with E-state index in [-0.39, 0.29) is 12.5 Å². The van der Waals surface area contributed by atoms with Crippen molar-refractivity contribution in [1.29, 1.82) is 0 Å². The smallest absolute Gasteiger partial charge is 0.315 e. The van der Waals surface area contributed by atoms with E-state index in [1.165, 1.54) is 0 Å². The molecule has 0 atom stereocenters. The molecule has 0 fully saturated rings. The zero-order chi connectivity index (χ0) is 13.3. The van der Waals surface area contributed by atoms with E-state index in [9.17, 15) is 9.59 Å². The minimum atomic E-state index is -0.935. The molecule has 0 rings (SSSR count). The van der Waals surface area contributed by atoms with E-state index < -0.39 is 11.5 Å². The summed E-state index contributed by atoms with van der Waals surface area (Å²) in [7, 11) is 1.63. The second kappa shape index (κ2) is 7.89. The molecule has 0 unspecified atom stereocenters. The molecule has 0 saturated heterocycles. The minimum Gasteiger partial charge on any atom is -0.481 e. The van der Waals surface area contributed by atoms with Gasteiger partial charge in [-0.3, -0.25) is 4.79 Å². The number of carbonyl (C=O) groups is 2. The molecule has 2 amide bonds. The van der Waals surface area contributed by atoms with Gasteiger partial charge in [-0.05, 0) is 26.7 Å². The van der Waals surface area contributed by atoms with Gasteiger partial charge in [-0.1, -0.05) is 0 Å². The van der Waals surface area contributed by atoms with E-state index in [1.807, 2.05) is 0 Å². The molecule has 17 heavy (non-hydrogen) atoms. The van der Waals surface area contributed by atoms with Gasteiger partial charge in [-0.2, -0.15) is 0 Å².